The monoisotopic (exact) mass is 540 g/mol. The van der Waals surface area contributed by atoms with Gasteiger partial charge in [0.2, 0.25) is 0 Å². The van der Waals surface area contributed by atoms with E-state index in [1.807, 2.05) is 19.1 Å². The summed E-state index contributed by atoms with van der Waals surface area (Å²) in [6.45, 7) is 5.80. The zero-order valence-corrected chi connectivity index (χ0v) is 21.9. The van der Waals surface area contributed by atoms with Crippen LogP contribution in [0.4, 0.5) is 5.13 Å². The highest BCUT2D eigenvalue weighted by molar-refractivity contribution is 7.19. The number of carbonyl (C=O) groups excluding carboxylic acids is 2. The van der Waals surface area contributed by atoms with Gasteiger partial charge >= 0.3 is 11.9 Å². The Balaban J connectivity index is 1.88. The van der Waals surface area contributed by atoms with Crippen molar-refractivity contribution < 1.29 is 19.4 Å². The molecule has 1 unspecified atom stereocenters. The first-order valence-electron chi connectivity index (χ1n) is 11.4. The highest BCUT2D eigenvalue weighted by atomic mass is 35.5. The van der Waals surface area contributed by atoms with Crippen molar-refractivity contribution >= 4 is 39.9 Å². The van der Waals surface area contributed by atoms with E-state index in [0.29, 0.717) is 45.9 Å². The van der Waals surface area contributed by atoms with Crippen molar-refractivity contribution in [2.24, 2.45) is 5.73 Å². The Morgan fingerprint density at radius 3 is 2.70 bits per heavy atom. The molecule has 37 heavy (non-hydrogen) atoms. The molecular formula is C25H25ClN6O4S. The van der Waals surface area contributed by atoms with Crippen LogP contribution in [-0.4, -0.2) is 57.9 Å². The number of piperazine rings is 1. The SMILES string of the molecule is Cc1cc(-c2sc(N3CCN[C@@H](C(C)(C)O)C3OC(=O)C(N)=O)nc2-c2cccc(C#N)c2)cc(Cl)n1. The molecule has 0 radical (unpaired) electrons. The van der Waals surface area contributed by atoms with Gasteiger partial charge in [0, 0.05) is 24.3 Å². The minimum atomic E-state index is -1.32. The number of halogens is 1. The van der Waals surface area contributed by atoms with Crippen LogP contribution in [0.5, 0.6) is 0 Å². The number of carbonyl (C=O) groups is 2. The van der Waals surface area contributed by atoms with Crippen LogP contribution >= 0.6 is 22.9 Å². The third-order valence-corrected chi connectivity index (χ3v) is 7.15. The number of hydrogen-bond donors (Lipinski definition) is 3. The fraction of sp³-hybridized carbons (Fsp3) is 0.320. The second-order valence-corrected chi connectivity index (χ2v) is 10.5. The van der Waals surface area contributed by atoms with Gasteiger partial charge in [-0.15, -0.1) is 0 Å². The van der Waals surface area contributed by atoms with Crippen LogP contribution < -0.4 is 16.0 Å². The Morgan fingerprint density at radius 1 is 1.30 bits per heavy atom. The van der Waals surface area contributed by atoms with Gasteiger partial charge in [0.15, 0.2) is 11.4 Å². The van der Waals surface area contributed by atoms with E-state index in [9.17, 15) is 20.0 Å². The Hall–Kier alpha value is -3.56. The number of primary amides is 1. The number of anilines is 1. The number of esters is 1. The molecule has 2 atom stereocenters. The summed E-state index contributed by atoms with van der Waals surface area (Å²) in [6.07, 6.45) is -1.08. The average molecular weight is 541 g/mol. The number of pyridine rings is 1. The van der Waals surface area contributed by atoms with Gasteiger partial charge < -0.3 is 25.8 Å². The third kappa shape index (κ3) is 5.73. The summed E-state index contributed by atoms with van der Waals surface area (Å²) in [6, 6.07) is 12.1. The van der Waals surface area contributed by atoms with Crippen LogP contribution in [0.2, 0.25) is 5.15 Å². The minimum Gasteiger partial charge on any atom is -0.433 e. The molecule has 1 fully saturated rings. The van der Waals surface area contributed by atoms with Crippen LogP contribution in [-0.2, 0) is 14.3 Å². The first kappa shape index (κ1) is 26.5. The first-order chi connectivity index (χ1) is 17.5. The van der Waals surface area contributed by atoms with Crippen molar-refractivity contribution in [2.75, 3.05) is 18.0 Å². The fourth-order valence-electron chi connectivity index (χ4n) is 4.17. The second-order valence-electron chi connectivity index (χ2n) is 9.13. The van der Waals surface area contributed by atoms with Crippen LogP contribution in [0.15, 0.2) is 36.4 Å². The van der Waals surface area contributed by atoms with Crippen molar-refractivity contribution in [3.8, 4) is 27.8 Å². The summed E-state index contributed by atoms with van der Waals surface area (Å²) in [5.74, 6) is -2.46. The van der Waals surface area contributed by atoms with E-state index in [4.69, 9.17) is 27.1 Å². The van der Waals surface area contributed by atoms with E-state index >= 15 is 0 Å². The molecule has 10 nitrogen and oxygen atoms in total. The van der Waals surface area contributed by atoms with Crippen molar-refractivity contribution in [3.63, 3.8) is 0 Å². The standard InChI is InChI=1S/C25H25ClN6O4S/c1-13-9-16(11-17(26)30-13)19-18(15-6-4-5-14(10-15)12-27)31-24(37-19)32-8-7-29-20(25(2,3)35)22(32)36-23(34)21(28)33/h4-6,9-11,20,22,29,35H,7-8H2,1-3H3,(H2,28,33)/t20-,22?/m1/s1. The lowest BCUT2D eigenvalue weighted by Crippen LogP contribution is -2.67. The number of nitrogens with two attached hydrogens (primary N) is 1. The first-order valence-corrected chi connectivity index (χ1v) is 12.6. The maximum atomic E-state index is 12.2. The maximum Gasteiger partial charge on any atom is 0.398 e. The summed E-state index contributed by atoms with van der Waals surface area (Å²) in [5, 5.41) is 24.2. The number of nitriles is 1. The van der Waals surface area contributed by atoms with Crippen molar-refractivity contribution in [2.45, 2.75) is 38.6 Å². The minimum absolute atomic E-state index is 0.319. The van der Waals surface area contributed by atoms with Crippen molar-refractivity contribution in [1.82, 2.24) is 15.3 Å². The molecule has 4 rings (SSSR count). The van der Waals surface area contributed by atoms with Gasteiger partial charge in [0.1, 0.15) is 5.15 Å². The van der Waals surface area contributed by atoms with Gasteiger partial charge in [-0.25, -0.2) is 14.8 Å². The van der Waals surface area contributed by atoms with Crippen molar-refractivity contribution in [1.29, 1.82) is 5.26 Å². The molecule has 192 valence electrons. The van der Waals surface area contributed by atoms with Crippen LogP contribution in [0.1, 0.15) is 25.1 Å². The summed E-state index contributed by atoms with van der Waals surface area (Å²) in [5.41, 5.74) is 7.10. The van der Waals surface area contributed by atoms with Crippen LogP contribution in [0.3, 0.4) is 0 Å². The third-order valence-electron chi connectivity index (χ3n) is 5.81. The number of nitrogens with one attached hydrogen (secondary N) is 1. The molecule has 0 saturated carbocycles. The van der Waals surface area contributed by atoms with E-state index in [0.717, 1.165) is 10.4 Å². The Labute approximate surface area is 222 Å². The van der Waals surface area contributed by atoms with E-state index in [2.05, 4.69) is 16.4 Å². The van der Waals surface area contributed by atoms with E-state index in [-0.39, 0.29) is 0 Å². The quantitative estimate of drug-likeness (QED) is 0.251. The molecule has 0 bridgehead atoms. The lowest BCUT2D eigenvalue weighted by Gasteiger charge is -2.45. The second kappa shape index (κ2) is 10.4. The lowest BCUT2D eigenvalue weighted by atomic mass is 9.95. The number of thiazole rings is 1. The highest BCUT2D eigenvalue weighted by Gasteiger charge is 2.44. The maximum absolute atomic E-state index is 12.2. The largest absolute Gasteiger partial charge is 0.433 e. The normalized spacial score (nSPS) is 17.8. The number of amides is 1. The molecule has 1 aromatic carbocycles. The fourth-order valence-corrected chi connectivity index (χ4v) is 5.55. The Morgan fingerprint density at radius 2 is 2.05 bits per heavy atom. The lowest BCUT2D eigenvalue weighted by molar-refractivity contribution is -0.162. The molecule has 0 aliphatic carbocycles. The summed E-state index contributed by atoms with van der Waals surface area (Å²) >= 11 is 7.59. The molecular weight excluding hydrogens is 516 g/mol. The van der Waals surface area contributed by atoms with E-state index in [1.165, 1.54) is 11.3 Å². The van der Waals surface area contributed by atoms with Gasteiger partial charge in [-0.2, -0.15) is 5.26 Å². The number of ether oxygens (including phenoxy) is 1. The number of nitrogens with zero attached hydrogens (tertiary/aromatic N) is 4. The topological polar surface area (TPSA) is 154 Å². The molecule has 1 saturated heterocycles. The van der Waals surface area contributed by atoms with Crippen LogP contribution in [0.25, 0.3) is 21.7 Å². The highest BCUT2D eigenvalue weighted by Crippen LogP contribution is 2.42. The van der Waals surface area contributed by atoms with Crippen LogP contribution in [0, 0.1) is 18.3 Å². The zero-order chi connectivity index (χ0) is 26.9. The number of rotatable bonds is 5. The summed E-state index contributed by atoms with van der Waals surface area (Å²) in [4.78, 5) is 35.3. The van der Waals surface area contributed by atoms with Gasteiger partial charge in [0.05, 0.1) is 33.8 Å². The molecule has 12 heteroatoms. The number of hydrogen-bond acceptors (Lipinski definition) is 10. The molecule has 1 amide bonds. The number of aliphatic hydroxyl groups is 1. The predicted molar refractivity (Wildman–Crippen MR) is 140 cm³/mol. The van der Waals surface area contributed by atoms with Gasteiger partial charge in [-0.3, -0.25) is 4.79 Å². The molecule has 3 heterocycles. The van der Waals surface area contributed by atoms with Crippen molar-refractivity contribution in [3.05, 3.63) is 52.8 Å². The van der Waals surface area contributed by atoms with E-state index in [1.54, 1.807) is 43.0 Å². The van der Waals surface area contributed by atoms with Gasteiger partial charge in [0.25, 0.3) is 0 Å². The molecule has 3 aromatic rings. The summed E-state index contributed by atoms with van der Waals surface area (Å²) < 4.78 is 5.48. The average Bonchev–Trinajstić information content (AvgIpc) is 3.28. The smallest absolute Gasteiger partial charge is 0.398 e. The Bertz CT molecular complexity index is 1380. The molecule has 0 spiro atoms. The molecule has 1 aliphatic rings. The predicted octanol–water partition coefficient (Wildman–Crippen LogP) is 2.61. The van der Waals surface area contributed by atoms with E-state index < -0.39 is 29.7 Å². The molecule has 1 aliphatic heterocycles. The number of aromatic nitrogens is 2. The Kier molecular flexibility index (Phi) is 7.47. The number of benzene rings is 1. The van der Waals surface area contributed by atoms with Gasteiger partial charge in [-0.05, 0) is 50.6 Å². The zero-order valence-electron chi connectivity index (χ0n) is 20.4. The summed E-state index contributed by atoms with van der Waals surface area (Å²) in [7, 11) is 0. The molecule has 4 N–H and O–H groups in total. The number of aryl methyl sites for hydroxylation is 1. The molecule has 2 aromatic heterocycles. The van der Waals surface area contributed by atoms with Gasteiger partial charge in [-0.1, -0.05) is 35.1 Å².